The Morgan fingerprint density at radius 1 is 1.07 bits per heavy atom. The van der Waals surface area contributed by atoms with E-state index in [1.54, 1.807) is 6.21 Å². The van der Waals surface area contributed by atoms with Crippen LogP contribution in [0.15, 0.2) is 65.8 Å². The lowest BCUT2D eigenvalue weighted by Gasteiger charge is -2.12. The second-order valence-electron chi connectivity index (χ2n) is 6.87. The highest BCUT2D eigenvalue weighted by Crippen LogP contribution is 2.24. The van der Waals surface area contributed by atoms with Gasteiger partial charge in [0.1, 0.15) is 5.75 Å². The average Bonchev–Trinajstić information content (AvgIpc) is 2.67. The third kappa shape index (κ3) is 4.94. The van der Waals surface area contributed by atoms with Crippen LogP contribution in [-0.2, 0) is 4.79 Å². The quantitative estimate of drug-likeness (QED) is 0.507. The number of amides is 1. The summed E-state index contributed by atoms with van der Waals surface area (Å²) in [5.41, 5.74) is 5.63. The number of ether oxygens (including phenoxy) is 1. The maximum absolute atomic E-state index is 12.0. The molecule has 0 spiro atoms. The molecule has 4 heteroatoms. The van der Waals surface area contributed by atoms with Gasteiger partial charge in [0.05, 0.1) is 6.21 Å². The Hall–Kier alpha value is -3.14. The van der Waals surface area contributed by atoms with E-state index in [1.807, 2.05) is 55.5 Å². The van der Waals surface area contributed by atoms with E-state index >= 15 is 0 Å². The number of hydrogen-bond donors (Lipinski definition) is 1. The molecule has 0 atom stereocenters. The highest BCUT2D eigenvalue weighted by atomic mass is 16.5. The molecule has 4 nitrogen and oxygen atoms in total. The molecule has 0 aliphatic heterocycles. The summed E-state index contributed by atoms with van der Waals surface area (Å²) in [5, 5.41) is 6.33. The van der Waals surface area contributed by atoms with E-state index in [0.717, 1.165) is 22.3 Å². The molecular weight excluding hydrogens is 336 g/mol. The molecule has 0 aromatic heterocycles. The van der Waals surface area contributed by atoms with E-state index < -0.39 is 0 Å². The van der Waals surface area contributed by atoms with Gasteiger partial charge >= 0.3 is 0 Å². The fourth-order valence-corrected chi connectivity index (χ4v) is 2.77. The first-order valence-corrected chi connectivity index (χ1v) is 9.07. The summed E-state index contributed by atoms with van der Waals surface area (Å²) in [7, 11) is 0. The molecule has 0 aliphatic carbocycles. The third-order valence-electron chi connectivity index (χ3n) is 4.41. The first kappa shape index (κ1) is 18.6. The zero-order chi connectivity index (χ0) is 19.2. The van der Waals surface area contributed by atoms with Crippen LogP contribution in [0.1, 0.15) is 36.5 Å². The molecule has 1 N–H and O–H groups in total. The van der Waals surface area contributed by atoms with Crippen molar-refractivity contribution >= 4 is 22.9 Å². The van der Waals surface area contributed by atoms with Crippen molar-refractivity contribution in [2.24, 2.45) is 5.10 Å². The van der Waals surface area contributed by atoms with Gasteiger partial charge in [-0.25, -0.2) is 5.43 Å². The van der Waals surface area contributed by atoms with Gasteiger partial charge in [-0.2, -0.15) is 5.10 Å². The van der Waals surface area contributed by atoms with E-state index in [1.165, 1.54) is 10.9 Å². The molecule has 0 saturated heterocycles. The molecule has 0 fully saturated rings. The monoisotopic (exact) mass is 360 g/mol. The second kappa shape index (κ2) is 8.49. The fraction of sp³-hybridized carbons (Fsp3) is 0.217. The van der Waals surface area contributed by atoms with Crippen molar-refractivity contribution in [3.05, 3.63) is 77.4 Å². The first-order valence-electron chi connectivity index (χ1n) is 9.07. The second-order valence-corrected chi connectivity index (χ2v) is 6.87. The number of fused-ring (bicyclic) bond motifs is 1. The normalized spacial score (nSPS) is 11.3. The van der Waals surface area contributed by atoms with Crippen molar-refractivity contribution in [2.45, 2.75) is 26.7 Å². The van der Waals surface area contributed by atoms with Gasteiger partial charge in [0.25, 0.3) is 5.91 Å². The molecule has 1 amide bonds. The van der Waals surface area contributed by atoms with Crippen molar-refractivity contribution in [2.75, 3.05) is 6.61 Å². The van der Waals surface area contributed by atoms with Crippen LogP contribution < -0.4 is 10.2 Å². The predicted octanol–water partition coefficient (Wildman–Crippen LogP) is 4.80. The summed E-state index contributed by atoms with van der Waals surface area (Å²) >= 11 is 0. The molecule has 0 radical (unpaired) electrons. The zero-order valence-corrected chi connectivity index (χ0v) is 15.9. The largest absolute Gasteiger partial charge is 0.483 e. The number of hydrogen-bond acceptors (Lipinski definition) is 3. The van der Waals surface area contributed by atoms with Gasteiger partial charge in [-0.1, -0.05) is 62.4 Å². The lowest BCUT2D eigenvalue weighted by Crippen LogP contribution is -2.24. The Kier molecular flexibility index (Phi) is 5.87. The van der Waals surface area contributed by atoms with Crippen LogP contribution in [0.5, 0.6) is 5.75 Å². The van der Waals surface area contributed by atoms with Gasteiger partial charge in [-0.05, 0) is 52.4 Å². The van der Waals surface area contributed by atoms with Gasteiger partial charge in [0, 0.05) is 0 Å². The SMILES string of the molecule is Cc1ccc(C(C)C)cc1OCC(=O)NN=Cc1ccc2ccccc2c1. The van der Waals surface area contributed by atoms with Gasteiger partial charge in [-0.3, -0.25) is 4.79 Å². The molecular formula is C23H24N2O2. The minimum absolute atomic E-state index is 0.0720. The number of hydrazone groups is 1. The van der Waals surface area contributed by atoms with E-state index in [4.69, 9.17) is 4.74 Å². The molecule has 0 unspecified atom stereocenters. The maximum atomic E-state index is 12.0. The predicted molar refractivity (Wildman–Crippen MR) is 110 cm³/mol. The zero-order valence-electron chi connectivity index (χ0n) is 15.9. The molecule has 0 heterocycles. The minimum atomic E-state index is -0.290. The van der Waals surface area contributed by atoms with E-state index in [9.17, 15) is 4.79 Å². The highest BCUT2D eigenvalue weighted by molar-refractivity contribution is 5.90. The van der Waals surface area contributed by atoms with Crippen LogP contribution >= 0.6 is 0 Å². The molecule has 27 heavy (non-hydrogen) atoms. The molecule has 0 aliphatic rings. The van der Waals surface area contributed by atoms with Crippen LogP contribution in [0.3, 0.4) is 0 Å². The number of rotatable bonds is 6. The van der Waals surface area contributed by atoms with Crippen LogP contribution in [-0.4, -0.2) is 18.7 Å². The summed E-state index contributed by atoms with van der Waals surface area (Å²) in [6, 6.07) is 20.2. The minimum Gasteiger partial charge on any atom is -0.483 e. The lowest BCUT2D eigenvalue weighted by atomic mass is 10.0. The summed E-state index contributed by atoms with van der Waals surface area (Å²) in [6.07, 6.45) is 1.63. The van der Waals surface area contributed by atoms with Gasteiger partial charge in [0.2, 0.25) is 0 Å². The number of nitrogens with one attached hydrogen (secondary N) is 1. The van der Waals surface area contributed by atoms with Crippen LogP contribution in [0.4, 0.5) is 0 Å². The van der Waals surface area contributed by atoms with Crippen molar-refractivity contribution in [3.8, 4) is 5.75 Å². The van der Waals surface area contributed by atoms with Crippen molar-refractivity contribution < 1.29 is 9.53 Å². The summed E-state index contributed by atoms with van der Waals surface area (Å²) < 4.78 is 5.66. The standard InChI is InChI=1S/C23H24N2O2/c1-16(2)20-10-8-17(3)22(13-20)27-15-23(26)25-24-14-18-9-11-19-6-4-5-7-21(19)12-18/h4-14,16H,15H2,1-3H3,(H,25,26). The Bertz CT molecular complexity index is 977. The number of benzene rings is 3. The van der Waals surface area contributed by atoms with Crippen LogP contribution in [0, 0.1) is 6.92 Å². The number of carbonyl (C=O) groups excluding carboxylic acids is 1. The first-order chi connectivity index (χ1) is 13.0. The van der Waals surface area contributed by atoms with E-state index in [-0.39, 0.29) is 12.5 Å². The summed E-state index contributed by atoms with van der Waals surface area (Å²) in [4.78, 5) is 12.0. The molecule has 0 saturated carbocycles. The third-order valence-corrected chi connectivity index (χ3v) is 4.41. The lowest BCUT2D eigenvalue weighted by molar-refractivity contribution is -0.123. The number of carbonyl (C=O) groups is 1. The topological polar surface area (TPSA) is 50.7 Å². The molecule has 3 rings (SSSR count). The van der Waals surface area contributed by atoms with Gasteiger partial charge < -0.3 is 4.74 Å². The van der Waals surface area contributed by atoms with Crippen LogP contribution in [0.25, 0.3) is 10.8 Å². The Morgan fingerprint density at radius 3 is 2.63 bits per heavy atom. The average molecular weight is 360 g/mol. The van der Waals surface area contributed by atoms with Crippen molar-refractivity contribution in [1.29, 1.82) is 0 Å². The number of aryl methyl sites for hydroxylation is 1. The molecule has 138 valence electrons. The summed E-state index contributed by atoms with van der Waals surface area (Å²) in [6.45, 7) is 6.15. The van der Waals surface area contributed by atoms with Gasteiger partial charge in [0.15, 0.2) is 6.61 Å². The van der Waals surface area contributed by atoms with Crippen molar-refractivity contribution in [1.82, 2.24) is 5.43 Å². The van der Waals surface area contributed by atoms with Gasteiger partial charge in [-0.15, -0.1) is 0 Å². The number of nitrogens with zero attached hydrogens (tertiary/aromatic N) is 1. The molecule has 0 bridgehead atoms. The Morgan fingerprint density at radius 2 is 1.85 bits per heavy atom. The fourth-order valence-electron chi connectivity index (χ4n) is 2.77. The molecule has 3 aromatic rings. The Labute approximate surface area is 159 Å². The van der Waals surface area contributed by atoms with Crippen molar-refractivity contribution in [3.63, 3.8) is 0 Å². The smallest absolute Gasteiger partial charge is 0.277 e. The van der Waals surface area contributed by atoms with E-state index in [2.05, 4.69) is 36.5 Å². The summed E-state index contributed by atoms with van der Waals surface area (Å²) in [5.74, 6) is 0.851. The highest BCUT2D eigenvalue weighted by Gasteiger charge is 2.07. The maximum Gasteiger partial charge on any atom is 0.277 e. The van der Waals surface area contributed by atoms with Crippen LogP contribution in [0.2, 0.25) is 0 Å². The Balaban J connectivity index is 1.56. The molecule has 3 aromatic carbocycles. The van der Waals surface area contributed by atoms with E-state index in [0.29, 0.717) is 5.92 Å².